The van der Waals surface area contributed by atoms with Crippen molar-refractivity contribution >= 4 is 8.32 Å². The Morgan fingerprint density at radius 1 is 1.00 bits per heavy atom. The van der Waals surface area contributed by atoms with Crippen LogP contribution >= 0.6 is 0 Å². The van der Waals surface area contributed by atoms with Crippen molar-refractivity contribution in [2.24, 2.45) is 0 Å². The van der Waals surface area contributed by atoms with Gasteiger partial charge in [0.15, 0.2) is 8.32 Å². The van der Waals surface area contributed by atoms with Crippen LogP contribution < -0.4 is 4.74 Å². The Labute approximate surface area is 183 Å². The van der Waals surface area contributed by atoms with Gasteiger partial charge < -0.3 is 14.3 Å². The normalized spacial score (nSPS) is 23.0. The molecule has 1 aliphatic heterocycles. The molecule has 30 heavy (non-hydrogen) atoms. The maximum absolute atomic E-state index is 11.3. The van der Waals surface area contributed by atoms with E-state index in [4.69, 9.17) is 9.16 Å². The van der Waals surface area contributed by atoms with Gasteiger partial charge in [-0.1, -0.05) is 63.2 Å². The van der Waals surface area contributed by atoms with Crippen molar-refractivity contribution in [3.8, 4) is 5.75 Å². The topological polar surface area (TPSA) is 41.9 Å². The predicted octanol–water partition coefficient (Wildman–Crippen LogP) is 4.87. The van der Waals surface area contributed by atoms with E-state index >= 15 is 0 Å². The minimum absolute atomic E-state index is 0.0216. The summed E-state index contributed by atoms with van der Waals surface area (Å²) in [6, 6.07) is 18.7. The molecule has 5 heteroatoms. The van der Waals surface area contributed by atoms with E-state index in [1.165, 1.54) is 11.1 Å². The van der Waals surface area contributed by atoms with Crippen LogP contribution in [0.2, 0.25) is 18.1 Å². The lowest BCUT2D eigenvalue weighted by atomic mass is 10.0. The summed E-state index contributed by atoms with van der Waals surface area (Å²) in [6.45, 7) is 12.8. The third-order valence-corrected chi connectivity index (χ3v) is 11.2. The molecule has 0 aliphatic carbocycles. The largest absolute Gasteiger partial charge is 0.497 e. The standard InChI is InChI=1S/C25H37NO3Si/c1-25(2,3)30(5,6)29-23-18-26(17-20-10-8-7-9-11-20)22(24(23)27)16-19-12-14-21(28-4)15-13-19/h7-15,22-24,27H,16-18H2,1-6H3/t22-,23-,24+/m1/s1. The first-order valence-electron chi connectivity index (χ1n) is 10.9. The first kappa shape index (κ1) is 23.0. The van der Waals surface area contributed by atoms with Gasteiger partial charge in [-0.15, -0.1) is 0 Å². The Balaban J connectivity index is 1.81. The number of benzene rings is 2. The molecule has 4 nitrogen and oxygen atoms in total. The Kier molecular flexibility index (Phi) is 7.08. The Bertz CT molecular complexity index is 801. The van der Waals surface area contributed by atoms with Crippen LogP contribution in [0.3, 0.4) is 0 Å². The number of rotatable bonds is 7. The molecule has 1 saturated heterocycles. The van der Waals surface area contributed by atoms with Crippen LogP contribution in [0, 0.1) is 0 Å². The van der Waals surface area contributed by atoms with Crippen molar-refractivity contribution in [2.75, 3.05) is 13.7 Å². The quantitative estimate of drug-likeness (QED) is 0.640. The van der Waals surface area contributed by atoms with Gasteiger partial charge in [-0.25, -0.2) is 0 Å². The molecule has 0 amide bonds. The lowest BCUT2D eigenvalue weighted by Crippen LogP contribution is -2.47. The second-order valence-electron chi connectivity index (χ2n) is 9.94. The van der Waals surface area contributed by atoms with E-state index in [-0.39, 0.29) is 17.2 Å². The predicted molar refractivity (Wildman–Crippen MR) is 125 cm³/mol. The fourth-order valence-electron chi connectivity index (χ4n) is 3.85. The van der Waals surface area contributed by atoms with Gasteiger partial charge >= 0.3 is 0 Å². The van der Waals surface area contributed by atoms with Gasteiger partial charge in [-0.05, 0) is 47.8 Å². The van der Waals surface area contributed by atoms with Gasteiger partial charge in [0.2, 0.25) is 0 Å². The molecular formula is C25H37NO3Si. The fourth-order valence-corrected chi connectivity index (χ4v) is 5.18. The molecule has 0 spiro atoms. The molecule has 0 aromatic heterocycles. The van der Waals surface area contributed by atoms with Crippen molar-refractivity contribution in [3.63, 3.8) is 0 Å². The number of methoxy groups -OCH3 is 1. The summed E-state index contributed by atoms with van der Waals surface area (Å²) in [6.07, 6.45) is 0.123. The minimum Gasteiger partial charge on any atom is -0.497 e. The average Bonchev–Trinajstić information content (AvgIpc) is 2.97. The van der Waals surface area contributed by atoms with Crippen molar-refractivity contribution < 1.29 is 14.3 Å². The molecule has 2 aromatic rings. The molecule has 1 N–H and O–H groups in total. The average molecular weight is 428 g/mol. The number of aliphatic hydroxyl groups is 1. The monoisotopic (exact) mass is 427 g/mol. The van der Waals surface area contributed by atoms with Gasteiger partial charge in [-0.2, -0.15) is 0 Å². The second-order valence-corrected chi connectivity index (χ2v) is 14.7. The highest BCUT2D eigenvalue weighted by molar-refractivity contribution is 6.74. The zero-order valence-corrected chi connectivity index (χ0v) is 20.3. The van der Waals surface area contributed by atoms with Gasteiger partial charge in [0.1, 0.15) is 5.75 Å². The SMILES string of the molecule is COc1ccc(C[C@@H]2[C@H](O)[C@H](O[Si](C)(C)C(C)(C)C)CN2Cc2ccccc2)cc1. The number of hydrogen-bond donors (Lipinski definition) is 1. The Hall–Kier alpha value is -1.66. The number of ether oxygens (including phenoxy) is 1. The van der Waals surface area contributed by atoms with E-state index in [2.05, 4.69) is 75.2 Å². The zero-order chi connectivity index (χ0) is 21.9. The molecule has 3 rings (SSSR count). The third-order valence-electron chi connectivity index (χ3n) is 6.74. The fraction of sp³-hybridized carbons (Fsp3) is 0.520. The van der Waals surface area contributed by atoms with Gasteiger partial charge in [-0.3, -0.25) is 4.90 Å². The molecule has 1 heterocycles. The van der Waals surface area contributed by atoms with Crippen molar-refractivity contribution in [3.05, 3.63) is 65.7 Å². The lowest BCUT2D eigenvalue weighted by Gasteiger charge is -2.39. The van der Waals surface area contributed by atoms with Gasteiger partial charge in [0, 0.05) is 19.1 Å². The highest BCUT2D eigenvalue weighted by Crippen LogP contribution is 2.39. The van der Waals surface area contributed by atoms with E-state index in [1.807, 2.05) is 18.2 Å². The molecular weight excluding hydrogens is 390 g/mol. The Morgan fingerprint density at radius 2 is 1.63 bits per heavy atom. The first-order valence-corrected chi connectivity index (χ1v) is 13.8. The van der Waals surface area contributed by atoms with Crippen LogP contribution in [-0.2, 0) is 17.4 Å². The minimum atomic E-state index is -1.97. The van der Waals surface area contributed by atoms with Crippen LogP contribution in [0.15, 0.2) is 54.6 Å². The van der Waals surface area contributed by atoms with Crippen LogP contribution in [-0.4, -0.2) is 50.2 Å². The summed E-state index contributed by atoms with van der Waals surface area (Å²) in [5.41, 5.74) is 2.46. The molecule has 0 saturated carbocycles. The molecule has 3 atom stereocenters. The van der Waals surface area contributed by atoms with Gasteiger partial charge in [0.25, 0.3) is 0 Å². The molecule has 164 valence electrons. The summed E-state index contributed by atoms with van der Waals surface area (Å²) >= 11 is 0. The second kappa shape index (κ2) is 9.23. The van der Waals surface area contributed by atoms with E-state index in [0.29, 0.717) is 0 Å². The summed E-state index contributed by atoms with van der Waals surface area (Å²) in [4.78, 5) is 2.39. The van der Waals surface area contributed by atoms with Crippen LogP contribution in [0.4, 0.5) is 0 Å². The zero-order valence-electron chi connectivity index (χ0n) is 19.3. The van der Waals surface area contributed by atoms with Crippen LogP contribution in [0.25, 0.3) is 0 Å². The van der Waals surface area contributed by atoms with E-state index in [9.17, 15) is 5.11 Å². The maximum Gasteiger partial charge on any atom is 0.192 e. The number of aliphatic hydroxyl groups excluding tert-OH is 1. The third kappa shape index (κ3) is 5.33. The number of likely N-dealkylation sites (tertiary alicyclic amines) is 1. The summed E-state index contributed by atoms with van der Waals surface area (Å²) < 4.78 is 12.0. The first-order chi connectivity index (χ1) is 14.1. The van der Waals surface area contributed by atoms with Gasteiger partial charge in [0.05, 0.1) is 19.3 Å². The highest BCUT2D eigenvalue weighted by atomic mass is 28.4. The van der Waals surface area contributed by atoms with E-state index in [1.54, 1.807) is 7.11 Å². The van der Waals surface area contributed by atoms with Crippen LogP contribution in [0.5, 0.6) is 5.75 Å². The van der Waals surface area contributed by atoms with Crippen molar-refractivity contribution in [1.82, 2.24) is 4.90 Å². The molecule has 2 aromatic carbocycles. The number of hydrogen-bond acceptors (Lipinski definition) is 4. The van der Waals surface area contributed by atoms with Crippen LogP contribution in [0.1, 0.15) is 31.9 Å². The molecule has 0 unspecified atom stereocenters. The van der Waals surface area contributed by atoms with E-state index < -0.39 is 14.4 Å². The summed E-state index contributed by atoms with van der Waals surface area (Å²) in [7, 11) is -0.290. The molecule has 0 radical (unpaired) electrons. The molecule has 0 bridgehead atoms. The smallest absolute Gasteiger partial charge is 0.192 e. The summed E-state index contributed by atoms with van der Waals surface area (Å²) in [5.74, 6) is 0.853. The van der Waals surface area contributed by atoms with Crippen molar-refractivity contribution in [2.45, 2.75) is 70.1 Å². The summed E-state index contributed by atoms with van der Waals surface area (Å²) in [5, 5.41) is 11.4. The maximum atomic E-state index is 11.3. The molecule has 1 fully saturated rings. The van der Waals surface area contributed by atoms with Crippen molar-refractivity contribution in [1.29, 1.82) is 0 Å². The lowest BCUT2D eigenvalue weighted by molar-refractivity contribution is 0.0433. The molecule has 1 aliphatic rings. The number of nitrogens with zero attached hydrogens (tertiary/aromatic N) is 1. The Morgan fingerprint density at radius 3 is 2.20 bits per heavy atom. The highest BCUT2D eigenvalue weighted by Gasteiger charge is 2.46. The van der Waals surface area contributed by atoms with E-state index in [0.717, 1.165) is 25.3 Å².